The van der Waals surface area contributed by atoms with Crippen molar-refractivity contribution in [1.29, 1.82) is 0 Å². The zero-order chi connectivity index (χ0) is 27.9. The van der Waals surface area contributed by atoms with Crippen molar-refractivity contribution in [2.24, 2.45) is 0 Å². The Kier molecular flexibility index (Phi) is 6.24. The maximum atomic E-state index is 13.5. The summed E-state index contributed by atoms with van der Waals surface area (Å²) in [6, 6.07) is 21.9. The summed E-state index contributed by atoms with van der Waals surface area (Å²) < 4.78 is 16.5. The fourth-order valence-electron chi connectivity index (χ4n) is 5.21. The second kappa shape index (κ2) is 10.2. The van der Waals surface area contributed by atoms with Crippen LogP contribution < -0.4 is 20.7 Å². The first-order valence-electron chi connectivity index (χ1n) is 13.2. The molecule has 0 amide bonds. The smallest absolute Gasteiger partial charge is 0.270 e. The Morgan fingerprint density at radius 1 is 0.829 bits per heavy atom. The zero-order valence-electron chi connectivity index (χ0n) is 21.8. The summed E-state index contributed by atoms with van der Waals surface area (Å²) in [7, 11) is 0. The lowest BCUT2D eigenvalue weighted by molar-refractivity contribution is 0.625. The van der Waals surface area contributed by atoms with Gasteiger partial charge in [0.2, 0.25) is 11.7 Å². The number of para-hydroxylation sites is 1. The van der Waals surface area contributed by atoms with E-state index in [1.165, 1.54) is 22.9 Å². The summed E-state index contributed by atoms with van der Waals surface area (Å²) in [5.41, 5.74) is 3.66. The molecule has 1 aliphatic heterocycles. The first-order chi connectivity index (χ1) is 20.0. The van der Waals surface area contributed by atoms with Gasteiger partial charge in [-0.3, -0.25) is 9.20 Å². The molecule has 4 heterocycles. The van der Waals surface area contributed by atoms with Crippen LogP contribution in [0.4, 0.5) is 27.4 Å². The number of halogens is 2. The van der Waals surface area contributed by atoms with E-state index in [4.69, 9.17) is 11.6 Å². The van der Waals surface area contributed by atoms with E-state index in [0.29, 0.717) is 33.5 Å². The highest BCUT2D eigenvalue weighted by molar-refractivity contribution is 6.32. The van der Waals surface area contributed by atoms with Gasteiger partial charge in [-0.25, -0.2) is 18.9 Å². The molecule has 0 aliphatic carbocycles. The van der Waals surface area contributed by atoms with Crippen LogP contribution in [0.1, 0.15) is 0 Å². The van der Waals surface area contributed by atoms with Crippen molar-refractivity contribution in [3.05, 3.63) is 113 Å². The van der Waals surface area contributed by atoms with E-state index < -0.39 is 0 Å². The van der Waals surface area contributed by atoms with Gasteiger partial charge < -0.3 is 15.1 Å². The number of fused-ring (bicyclic) bond motifs is 3. The predicted octanol–water partition coefficient (Wildman–Crippen LogP) is 5.29. The normalized spacial score (nSPS) is 13.7. The Bertz CT molecular complexity index is 1930. The van der Waals surface area contributed by atoms with Gasteiger partial charge in [0, 0.05) is 61.8 Å². The van der Waals surface area contributed by atoms with E-state index in [1.807, 2.05) is 36.4 Å². The summed E-state index contributed by atoms with van der Waals surface area (Å²) in [6.07, 6.45) is 4.90. The number of nitrogens with one attached hydrogen (secondary N) is 1. The number of rotatable bonds is 5. The molecule has 1 saturated heterocycles. The quantitative estimate of drug-likeness (QED) is 0.303. The number of imidazole rings is 1. The molecule has 7 rings (SSSR count). The molecule has 3 aromatic heterocycles. The van der Waals surface area contributed by atoms with Crippen LogP contribution in [-0.2, 0) is 0 Å². The van der Waals surface area contributed by atoms with Gasteiger partial charge >= 0.3 is 0 Å². The van der Waals surface area contributed by atoms with E-state index in [-0.39, 0.29) is 11.4 Å². The number of aromatic nitrogens is 5. The van der Waals surface area contributed by atoms with Crippen molar-refractivity contribution >= 4 is 51.4 Å². The Labute approximate surface area is 239 Å². The fraction of sp³-hybridized carbons (Fsp3) is 0.133. The zero-order valence-corrected chi connectivity index (χ0v) is 22.5. The topological polar surface area (TPSA) is 83.6 Å². The Hall–Kier alpha value is -4.96. The van der Waals surface area contributed by atoms with E-state index in [0.717, 1.165) is 43.2 Å². The molecule has 0 bridgehead atoms. The SMILES string of the molecule is O=c1c2cnc(Nc3ccc(N4CCN(c5ccc(F)cc5)CC4)cc3)nc2n2ccnc2n1-c1ccccc1Cl. The number of anilines is 4. The molecule has 1 aliphatic rings. The minimum absolute atomic E-state index is 0.220. The summed E-state index contributed by atoms with van der Waals surface area (Å²) in [6.45, 7) is 3.45. The predicted molar refractivity (Wildman–Crippen MR) is 159 cm³/mol. The fourth-order valence-corrected chi connectivity index (χ4v) is 5.44. The average Bonchev–Trinajstić information content (AvgIpc) is 3.49. The highest BCUT2D eigenvalue weighted by Gasteiger charge is 2.19. The van der Waals surface area contributed by atoms with Crippen molar-refractivity contribution in [2.75, 3.05) is 41.3 Å². The van der Waals surface area contributed by atoms with Crippen molar-refractivity contribution in [1.82, 2.24) is 23.9 Å². The largest absolute Gasteiger partial charge is 0.368 e. The van der Waals surface area contributed by atoms with Gasteiger partial charge in [-0.1, -0.05) is 23.7 Å². The number of hydrogen-bond donors (Lipinski definition) is 1. The van der Waals surface area contributed by atoms with Crippen molar-refractivity contribution in [3.8, 4) is 5.69 Å². The second-order valence-electron chi connectivity index (χ2n) is 9.74. The molecule has 9 nitrogen and oxygen atoms in total. The van der Waals surface area contributed by atoms with Gasteiger partial charge in [0.1, 0.15) is 11.2 Å². The third-order valence-corrected chi connectivity index (χ3v) is 7.62. The van der Waals surface area contributed by atoms with Gasteiger partial charge in [-0.15, -0.1) is 0 Å². The highest BCUT2D eigenvalue weighted by Crippen LogP contribution is 2.25. The van der Waals surface area contributed by atoms with Gasteiger partial charge in [-0.05, 0) is 60.7 Å². The van der Waals surface area contributed by atoms with Crippen LogP contribution >= 0.6 is 11.6 Å². The lowest BCUT2D eigenvalue weighted by atomic mass is 10.2. The lowest BCUT2D eigenvalue weighted by Gasteiger charge is -2.37. The molecule has 6 aromatic rings. The molecule has 0 spiro atoms. The third kappa shape index (κ3) is 4.62. The number of benzene rings is 3. The Balaban J connectivity index is 1.11. The van der Waals surface area contributed by atoms with Crippen molar-refractivity contribution in [2.45, 2.75) is 0 Å². The Morgan fingerprint density at radius 3 is 2.17 bits per heavy atom. The molecule has 11 heteroatoms. The Morgan fingerprint density at radius 2 is 1.49 bits per heavy atom. The summed E-state index contributed by atoms with van der Waals surface area (Å²) in [5, 5.41) is 4.03. The number of hydrogen-bond acceptors (Lipinski definition) is 7. The molecule has 0 saturated carbocycles. The van der Waals surface area contributed by atoms with Crippen LogP contribution in [0.15, 0.2) is 96.2 Å². The average molecular weight is 567 g/mol. The maximum absolute atomic E-state index is 13.5. The standard InChI is InChI=1S/C30H24ClFN8O/c31-25-3-1-2-4-26(25)40-28(41)24-19-34-29(36-27(24)39-14-13-33-30(39)40)35-21-7-11-23(12-8-21)38-17-15-37(16-18-38)22-9-5-20(32)6-10-22/h1-14,19H,15-18H2,(H,34,35,36). The molecule has 0 unspecified atom stereocenters. The minimum atomic E-state index is -0.303. The molecular weight excluding hydrogens is 543 g/mol. The first-order valence-corrected chi connectivity index (χ1v) is 13.6. The first kappa shape index (κ1) is 25.0. The molecule has 3 aromatic carbocycles. The van der Waals surface area contributed by atoms with Crippen LogP contribution in [0.3, 0.4) is 0 Å². The molecule has 204 valence electrons. The number of piperazine rings is 1. The molecule has 0 atom stereocenters. The van der Waals surface area contributed by atoms with Gasteiger partial charge in [0.15, 0.2) is 5.65 Å². The van der Waals surface area contributed by atoms with Crippen molar-refractivity contribution in [3.63, 3.8) is 0 Å². The lowest BCUT2D eigenvalue weighted by Crippen LogP contribution is -2.46. The van der Waals surface area contributed by atoms with E-state index >= 15 is 0 Å². The molecular formula is C30H24ClFN8O. The van der Waals surface area contributed by atoms with E-state index in [9.17, 15) is 9.18 Å². The van der Waals surface area contributed by atoms with Crippen LogP contribution in [0, 0.1) is 5.82 Å². The second-order valence-corrected chi connectivity index (χ2v) is 10.1. The summed E-state index contributed by atoms with van der Waals surface area (Å²) in [5.74, 6) is 0.550. The van der Waals surface area contributed by atoms with Gasteiger partial charge in [0.05, 0.1) is 10.7 Å². The van der Waals surface area contributed by atoms with Crippen LogP contribution in [0.2, 0.25) is 5.02 Å². The molecule has 0 radical (unpaired) electrons. The summed E-state index contributed by atoms with van der Waals surface area (Å²) in [4.78, 5) is 31.6. The van der Waals surface area contributed by atoms with E-state index in [2.05, 4.69) is 42.2 Å². The molecule has 1 N–H and O–H groups in total. The van der Waals surface area contributed by atoms with Gasteiger partial charge in [-0.2, -0.15) is 4.98 Å². The van der Waals surface area contributed by atoms with Gasteiger partial charge in [0.25, 0.3) is 5.56 Å². The van der Waals surface area contributed by atoms with Crippen LogP contribution in [0.5, 0.6) is 0 Å². The minimum Gasteiger partial charge on any atom is -0.368 e. The molecule has 1 fully saturated rings. The highest BCUT2D eigenvalue weighted by atomic mass is 35.5. The summed E-state index contributed by atoms with van der Waals surface area (Å²) >= 11 is 6.41. The molecule has 41 heavy (non-hydrogen) atoms. The maximum Gasteiger partial charge on any atom is 0.270 e. The third-order valence-electron chi connectivity index (χ3n) is 7.30. The monoisotopic (exact) mass is 566 g/mol. The van der Waals surface area contributed by atoms with Crippen molar-refractivity contribution < 1.29 is 4.39 Å². The van der Waals surface area contributed by atoms with Crippen LogP contribution in [-0.4, -0.2) is 50.1 Å². The van der Waals surface area contributed by atoms with E-state index in [1.54, 1.807) is 28.9 Å². The number of nitrogens with zero attached hydrogens (tertiary/aromatic N) is 7. The van der Waals surface area contributed by atoms with Crippen LogP contribution in [0.25, 0.3) is 22.5 Å².